The van der Waals surface area contributed by atoms with Gasteiger partial charge in [-0.2, -0.15) is 18.3 Å². The van der Waals surface area contributed by atoms with Crippen LogP contribution in [0, 0.1) is 13.8 Å². The van der Waals surface area contributed by atoms with Crippen molar-refractivity contribution in [1.82, 2.24) is 15.1 Å². The normalized spacial score (nSPS) is 11.5. The first-order chi connectivity index (χ1) is 10.2. The third kappa shape index (κ3) is 3.32. The molecule has 0 amide bonds. The first kappa shape index (κ1) is 16.1. The Balaban J connectivity index is 2.16. The van der Waals surface area contributed by atoms with Gasteiger partial charge in [-0.05, 0) is 36.6 Å². The molecule has 1 heterocycles. The molecule has 2 aromatic rings. The molecule has 118 valence electrons. The molecule has 6 heteroatoms. The van der Waals surface area contributed by atoms with Crippen molar-refractivity contribution in [1.29, 1.82) is 0 Å². The SMILES string of the molecule is C=C(c1cc(C(F)(F)F)[nH]n1)N(C)Cc1cccc(C)c1C. The van der Waals surface area contributed by atoms with E-state index < -0.39 is 11.9 Å². The molecular formula is C16H18F3N3. The number of nitrogens with zero attached hydrogens (tertiary/aromatic N) is 2. The van der Waals surface area contributed by atoms with E-state index in [4.69, 9.17) is 0 Å². The number of aryl methyl sites for hydroxylation is 1. The number of alkyl halides is 3. The van der Waals surface area contributed by atoms with Crippen LogP contribution in [-0.4, -0.2) is 22.1 Å². The summed E-state index contributed by atoms with van der Waals surface area (Å²) in [6.07, 6.45) is -4.43. The summed E-state index contributed by atoms with van der Waals surface area (Å²) in [5.74, 6) is 0. The van der Waals surface area contributed by atoms with Gasteiger partial charge < -0.3 is 4.90 Å². The summed E-state index contributed by atoms with van der Waals surface area (Å²) in [5, 5.41) is 5.70. The molecular weight excluding hydrogens is 291 g/mol. The highest BCUT2D eigenvalue weighted by Gasteiger charge is 2.33. The average Bonchev–Trinajstić information content (AvgIpc) is 2.92. The summed E-state index contributed by atoms with van der Waals surface area (Å²) >= 11 is 0. The minimum Gasteiger partial charge on any atom is -0.369 e. The van der Waals surface area contributed by atoms with Crippen molar-refractivity contribution >= 4 is 5.70 Å². The van der Waals surface area contributed by atoms with E-state index in [1.165, 1.54) is 11.1 Å². The van der Waals surface area contributed by atoms with Crippen molar-refractivity contribution in [2.45, 2.75) is 26.6 Å². The van der Waals surface area contributed by atoms with Crippen LogP contribution in [-0.2, 0) is 12.7 Å². The number of aromatic nitrogens is 2. The van der Waals surface area contributed by atoms with Gasteiger partial charge in [0, 0.05) is 13.6 Å². The molecule has 0 unspecified atom stereocenters. The lowest BCUT2D eigenvalue weighted by atomic mass is 10.0. The number of benzene rings is 1. The van der Waals surface area contributed by atoms with Gasteiger partial charge in [0.25, 0.3) is 0 Å². The molecule has 0 bridgehead atoms. The zero-order valence-electron chi connectivity index (χ0n) is 12.8. The van der Waals surface area contributed by atoms with Gasteiger partial charge in [-0.3, -0.25) is 5.10 Å². The van der Waals surface area contributed by atoms with Crippen LogP contribution in [0.3, 0.4) is 0 Å². The smallest absolute Gasteiger partial charge is 0.369 e. The number of nitrogens with one attached hydrogen (secondary N) is 1. The molecule has 0 saturated carbocycles. The first-order valence-electron chi connectivity index (χ1n) is 6.78. The van der Waals surface area contributed by atoms with E-state index >= 15 is 0 Å². The number of aromatic amines is 1. The summed E-state index contributed by atoms with van der Waals surface area (Å²) in [7, 11) is 1.78. The highest BCUT2D eigenvalue weighted by atomic mass is 19.4. The summed E-state index contributed by atoms with van der Waals surface area (Å²) < 4.78 is 37.8. The maximum atomic E-state index is 12.6. The van der Waals surface area contributed by atoms with Gasteiger partial charge in [0.15, 0.2) is 0 Å². The molecule has 0 radical (unpaired) electrons. The van der Waals surface area contributed by atoms with E-state index in [0.717, 1.165) is 11.6 Å². The summed E-state index contributed by atoms with van der Waals surface area (Å²) in [6.45, 7) is 8.45. The van der Waals surface area contributed by atoms with E-state index in [0.29, 0.717) is 12.2 Å². The number of hydrogen-bond donors (Lipinski definition) is 1. The van der Waals surface area contributed by atoms with Crippen LogP contribution >= 0.6 is 0 Å². The van der Waals surface area contributed by atoms with Crippen LogP contribution in [0.15, 0.2) is 30.8 Å². The average molecular weight is 309 g/mol. The minimum absolute atomic E-state index is 0.195. The van der Waals surface area contributed by atoms with Crippen LogP contribution in [0.4, 0.5) is 13.2 Å². The molecule has 0 spiro atoms. The Hall–Kier alpha value is -2.24. The Morgan fingerprint density at radius 2 is 2.00 bits per heavy atom. The Morgan fingerprint density at radius 1 is 1.32 bits per heavy atom. The lowest BCUT2D eigenvalue weighted by Crippen LogP contribution is -2.16. The second-order valence-electron chi connectivity index (χ2n) is 5.33. The lowest BCUT2D eigenvalue weighted by Gasteiger charge is -2.22. The fraction of sp³-hybridized carbons (Fsp3) is 0.312. The summed E-state index contributed by atoms with van der Waals surface area (Å²) in [6, 6.07) is 6.96. The fourth-order valence-electron chi connectivity index (χ4n) is 2.14. The largest absolute Gasteiger partial charge is 0.432 e. The molecule has 0 saturated heterocycles. The highest BCUT2D eigenvalue weighted by molar-refractivity contribution is 5.58. The minimum atomic E-state index is -4.43. The molecule has 0 fully saturated rings. The Kier molecular flexibility index (Phi) is 4.30. The third-order valence-electron chi connectivity index (χ3n) is 3.76. The molecule has 1 aromatic carbocycles. The van der Waals surface area contributed by atoms with E-state index in [1.54, 1.807) is 11.9 Å². The first-order valence-corrected chi connectivity index (χ1v) is 6.78. The maximum Gasteiger partial charge on any atom is 0.432 e. The molecule has 2 rings (SSSR count). The van der Waals surface area contributed by atoms with E-state index in [9.17, 15) is 13.2 Å². The Morgan fingerprint density at radius 3 is 2.59 bits per heavy atom. The van der Waals surface area contributed by atoms with Crippen LogP contribution in [0.25, 0.3) is 5.70 Å². The van der Waals surface area contributed by atoms with Crippen molar-refractivity contribution in [3.05, 3.63) is 58.9 Å². The molecule has 3 nitrogen and oxygen atoms in total. The summed E-state index contributed by atoms with van der Waals surface area (Å²) in [4.78, 5) is 1.79. The van der Waals surface area contributed by atoms with Crippen LogP contribution in [0.1, 0.15) is 28.1 Å². The molecule has 0 aliphatic heterocycles. The lowest BCUT2D eigenvalue weighted by molar-refractivity contribution is -0.141. The number of halogens is 3. The predicted octanol–water partition coefficient (Wildman–Crippen LogP) is 4.15. The van der Waals surface area contributed by atoms with Crippen LogP contribution in [0.2, 0.25) is 0 Å². The quantitative estimate of drug-likeness (QED) is 0.920. The molecule has 1 N–H and O–H groups in total. The molecule has 0 atom stereocenters. The molecule has 1 aromatic heterocycles. The number of rotatable bonds is 4. The van der Waals surface area contributed by atoms with Crippen LogP contribution < -0.4 is 0 Å². The van der Waals surface area contributed by atoms with E-state index in [-0.39, 0.29) is 5.69 Å². The van der Waals surface area contributed by atoms with Crippen molar-refractivity contribution < 1.29 is 13.2 Å². The van der Waals surface area contributed by atoms with Crippen molar-refractivity contribution in [3.8, 4) is 0 Å². The molecule has 0 aliphatic carbocycles. The van der Waals surface area contributed by atoms with Gasteiger partial charge in [0.05, 0.1) is 5.70 Å². The van der Waals surface area contributed by atoms with Gasteiger partial charge >= 0.3 is 6.18 Å². The van der Waals surface area contributed by atoms with Crippen LogP contribution in [0.5, 0.6) is 0 Å². The topological polar surface area (TPSA) is 31.9 Å². The van der Waals surface area contributed by atoms with Gasteiger partial charge in [0.2, 0.25) is 0 Å². The van der Waals surface area contributed by atoms with Gasteiger partial charge in [0.1, 0.15) is 11.4 Å². The van der Waals surface area contributed by atoms with E-state index in [1.807, 2.05) is 37.1 Å². The van der Waals surface area contributed by atoms with Gasteiger partial charge in [-0.15, -0.1) is 0 Å². The van der Waals surface area contributed by atoms with Crippen molar-refractivity contribution in [2.75, 3.05) is 7.05 Å². The predicted molar refractivity (Wildman–Crippen MR) is 80.0 cm³/mol. The monoisotopic (exact) mass is 309 g/mol. The second-order valence-corrected chi connectivity index (χ2v) is 5.33. The third-order valence-corrected chi connectivity index (χ3v) is 3.76. The summed E-state index contributed by atoms with van der Waals surface area (Å²) in [5.41, 5.74) is 3.21. The Bertz CT molecular complexity index is 686. The highest BCUT2D eigenvalue weighted by Crippen LogP contribution is 2.29. The zero-order valence-corrected chi connectivity index (χ0v) is 12.8. The number of hydrogen-bond acceptors (Lipinski definition) is 2. The fourth-order valence-corrected chi connectivity index (χ4v) is 2.14. The standard InChI is InChI=1S/C16H18F3N3/c1-10-6-5-7-13(11(10)2)9-22(4)12(3)14-8-15(21-20-14)16(17,18)19/h5-8H,3,9H2,1-2,4H3,(H,20,21). The maximum absolute atomic E-state index is 12.6. The second kappa shape index (κ2) is 5.87. The zero-order chi connectivity index (χ0) is 16.5. The van der Waals surface area contributed by atoms with E-state index in [2.05, 4.69) is 11.7 Å². The number of H-pyrrole nitrogens is 1. The molecule has 22 heavy (non-hydrogen) atoms. The molecule has 0 aliphatic rings. The Labute approximate surface area is 127 Å². The van der Waals surface area contributed by atoms with Gasteiger partial charge in [-0.1, -0.05) is 24.8 Å². The van der Waals surface area contributed by atoms with Gasteiger partial charge in [-0.25, -0.2) is 0 Å². The van der Waals surface area contributed by atoms with Crippen molar-refractivity contribution in [2.24, 2.45) is 0 Å². The van der Waals surface area contributed by atoms with Crippen molar-refractivity contribution in [3.63, 3.8) is 0 Å².